The molecule has 162 valence electrons. The highest BCUT2D eigenvalue weighted by Crippen LogP contribution is 2.31. The van der Waals surface area contributed by atoms with Crippen molar-refractivity contribution in [1.29, 1.82) is 5.41 Å². The lowest BCUT2D eigenvalue weighted by Crippen LogP contribution is -2.26. The molecule has 2 aromatic carbocycles. The molecule has 0 bridgehead atoms. The first-order chi connectivity index (χ1) is 13.8. The Morgan fingerprint density at radius 1 is 1.10 bits per heavy atom. The summed E-state index contributed by atoms with van der Waals surface area (Å²) in [6, 6.07) is 11.3. The second-order valence-corrected chi connectivity index (χ2v) is 6.30. The number of halogens is 1. The fourth-order valence-corrected chi connectivity index (χ4v) is 2.73. The molecule has 0 aliphatic rings. The van der Waals surface area contributed by atoms with Gasteiger partial charge >= 0.3 is 5.97 Å². The molecular weight excluding hydrogens is 408 g/mol. The number of amides is 1. The molecular formula is C21H27ClN4O4. The van der Waals surface area contributed by atoms with Crippen LogP contribution < -0.4 is 21.5 Å². The normalized spacial score (nSPS) is 11.0. The molecule has 0 fully saturated rings. The zero-order chi connectivity index (χ0) is 21.4. The highest BCUT2D eigenvalue weighted by molar-refractivity contribution is 5.95. The van der Waals surface area contributed by atoms with Crippen molar-refractivity contribution >= 4 is 35.8 Å². The van der Waals surface area contributed by atoms with Crippen molar-refractivity contribution in [2.24, 2.45) is 11.5 Å². The second kappa shape index (κ2) is 11.7. The number of ether oxygens (including phenoxy) is 2. The Labute approximate surface area is 181 Å². The summed E-state index contributed by atoms with van der Waals surface area (Å²) >= 11 is 0. The first-order valence-corrected chi connectivity index (χ1v) is 9.27. The molecule has 1 amide bonds. The van der Waals surface area contributed by atoms with E-state index in [0.29, 0.717) is 22.6 Å². The van der Waals surface area contributed by atoms with E-state index in [9.17, 15) is 9.59 Å². The lowest BCUT2D eigenvalue weighted by molar-refractivity contribution is -0.144. The monoisotopic (exact) mass is 434 g/mol. The van der Waals surface area contributed by atoms with E-state index in [1.54, 1.807) is 37.3 Å². The SMILES string of the molecule is CCOC(=O)C(Nc1ccc(C(=N)N)cc1)c1cc(CC)ccc1OCC(N)=O.Cl. The highest BCUT2D eigenvalue weighted by Gasteiger charge is 2.26. The largest absolute Gasteiger partial charge is 0.483 e. The minimum absolute atomic E-state index is 0. The molecule has 0 radical (unpaired) electrons. The Hall–Kier alpha value is -3.26. The average molecular weight is 435 g/mol. The van der Waals surface area contributed by atoms with Crippen LogP contribution in [0, 0.1) is 5.41 Å². The molecule has 2 rings (SSSR count). The molecule has 6 N–H and O–H groups in total. The minimum Gasteiger partial charge on any atom is -0.483 e. The zero-order valence-corrected chi connectivity index (χ0v) is 17.8. The van der Waals surface area contributed by atoms with E-state index in [2.05, 4.69) is 5.32 Å². The number of esters is 1. The molecule has 30 heavy (non-hydrogen) atoms. The number of carbonyl (C=O) groups excluding carboxylic acids is 2. The van der Waals surface area contributed by atoms with Crippen molar-refractivity contribution in [3.63, 3.8) is 0 Å². The van der Waals surface area contributed by atoms with Gasteiger partial charge in [-0.2, -0.15) is 0 Å². The highest BCUT2D eigenvalue weighted by atomic mass is 35.5. The molecule has 0 aliphatic heterocycles. The lowest BCUT2D eigenvalue weighted by Gasteiger charge is -2.22. The summed E-state index contributed by atoms with van der Waals surface area (Å²) < 4.78 is 10.8. The third kappa shape index (κ3) is 6.66. The summed E-state index contributed by atoms with van der Waals surface area (Å²) in [5.41, 5.74) is 13.4. The van der Waals surface area contributed by atoms with Crippen LogP contribution in [-0.4, -0.2) is 30.9 Å². The van der Waals surface area contributed by atoms with Gasteiger partial charge in [-0.3, -0.25) is 10.2 Å². The Morgan fingerprint density at radius 3 is 2.30 bits per heavy atom. The standard InChI is InChI=1S/C21H26N4O4.ClH/c1-3-13-5-10-17(29-12-18(22)26)16(11-13)19(21(27)28-4-2)25-15-8-6-14(7-9-15)20(23)24;/h5-11,19,25H,3-4,12H2,1-2H3,(H2,22,26)(H3,23,24);1H. The minimum atomic E-state index is -0.868. The Morgan fingerprint density at radius 2 is 1.77 bits per heavy atom. The van der Waals surface area contributed by atoms with Crippen LogP contribution in [0.25, 0.3) is 0 Å². The van der Waals surface area contributed by atoms with Crippen molar-refractivity contribution in [2.75, 3.05) is 18.5 Å². The quantitative estimate of drug-likeness (QED) is 0.257. The number of carbonyl (C=O) groups is 2. The molecule has 9 heteroatoms. The molecule has 0 aromatic heterocycles. The van der Waals surface area contributed by atoms with Crippen molar-refractivity contribution in [3.05, 3.63) is 59.2 Å². The summed E-state index contributed by atoms with van der Waals surface area (Å²) in [6.45, 7) is 3.63. The van der Waals surface area contributed by atoms with E-state index >= 15 is 0 Å². The number of hydrogen-bond acceptors (Lipinski definition) is 6. The number of benzene rings is 2. The van der Waals surface area contributed by atoms with Crippen molar-refractivity contribution in [3.8, 4) is 5.75 Å². The van der Waals surface area contributed by atoms with E-state index in [0.717, 1.165) is 12.0 Å². The Balaban J connectivity index is 0.00000450. The predicted molar refractivity (Wildman–Crippen MR) is 118 cm³/mol. The second-order valence-electron chi connectivity index (χ2n) is 6.30. The molecule has 0 saturated heterocycles. The molecule has 2 aromatic rings. The average Bonchev–Trinajstić information content (AvgIpc) is 2.70. The van der Waals surface area contributed by atoms with Crippen LogP contribution in [0.2, 0.25) is 0 Å². The number of rotatable bonds is 10. The maximum atomic E-state index is 12.7. The first kappa shape index (κ1) is 24.8. The number of anilines is 1. The number of nitrogens with two attached hydrogens (primary N) is 2. The fraction of sp³-hybridized carbons (Fsp3) is 0.286. The zero-order valence-electron chi connectivity index (χ0n) is 16.9. The lowest BCUT2D eigenvalue weighted by atomic mass is 10.0. The third-order valence-electron chi connectivity index (χ3n) is 4.19. The van der Waals surface area contributed by atoms with Gasteiger partial charge in [0.05, 0.1) is 6.61 Å². The summed E-state index contributed by atoms with van der Waals surface area (Å²) in [4.78, 5) is 23.9. The van der Waals surface area contributed by atoms with Crippen molar-refractivity contribution in [2.45, 2.75) is 26.3 Å². The molecule has 1 unspecified atom stereocenters. The van der Waals surface area contributed by atoms with Gasteiger partial charge in [-0.05, 0) is 55.3 Å². The molecule has 8 nitrogen and oxygen atoms in total. The van der Waals surface area contributed by atoms with Gasteiger partial charge in [0.25, 0.3) is 5.91 Å². The first-order valence-electron chi connectivity index (χ1n) is 9.27. The fourth-order valence-electron chi connectivity index (χ4n) is 2.73. The van der Waals surface area contributed by atoms with Gasteiger partial charge in [-0.1, -0.05) is 13.0 Å². The van der Waals surface area contributed by atoms with E-state index < -0.39 is 17.9 Å². The van der Waals surface area contributed by atoms with Gasteiger partial charge < -0.3 is 26.3 Å². The number of aryl methyl sites for hydroxylation is 1. The number of nitrogen functional groups attached to an aromatic ring is 1. The third-order valence-corrected chi connectivity index (χ3v) is 4.19. The summed E-state index contributed by atoms with van der Waals surface area (Å²) in [5.74, 6) is -0.778. The Bertz CT molecular complexity index is 887. The summed E-state index contributed by atoms with van der Waals surface area (Å²) in [7, 11) is 0. The van der Waals surface area contributed by atoms with Crippen LogP contribution in [0.15, 0.2) is 42.5 Å². The predicted octanol–water partition coefficient (Wildman–Crippen LogP) is 2.54. The molecule has 0 spiro atoms. The van der Waals surface area contributed by atoms with Crippen molar-refractivity contribution in [1.82, 2.24) is 0 Å². The van der Waals surface area contributed by atoms with E-state index in [1.165, 1.54) is 0 Å². The smallest absolute Gasteiger partial charge is 0.333 e. The maximum Gasteiger partial charge on any atom is 0.333 e. The van der Waals surface area contributed by atoms with Gasteiger partial charge in [0.1, 0.15) is 11.6 Å². The summed E-state index contributed by atoms with van der Waals surface area (Å²) in [5, 5.41) is 10.6. The van der Waals surface area contributed by atoms with Crippen LogP contribution in [0.1, 0.15) is 36.6 Å². The Kier molecular flexibility index (Phi) is 9.64. The van der Waals surface area contributed by atoms with Gasteiger partial charge in [0.2, 0.25) is 0 Å². The van der Waals surface area contributed by atoms with Gasteiger partial charge in [-0.15, -0.1) is 12.4 Å². The van der Waals surface area contributed by atoms with Crippen LogP contribution >= 0.6 is 12.4 Å². The van der Waals surface area contributed by atoms with Crippen LogP contribution in [0.5, 0.6) is 5.75 Å². The molecule has 1 atom stereocenters. The number of amidine groups is 1. The number of hydrogen-bond donors (Lipinski definition) is 4. The van der Waals surface area contributed by atoms with Gasteiger partial charge in [0, 0.05) is 16.8 Å². The van der Waals surface area contributed by atoms with Gasteiger partial charge in [0.15, 0.2) is 12.6 Å². The topological polar surface area (TPSA) is 141 Å². The summed E-state index contributed by atoms with van der Waals surface area (Å²) in [6.07, 6.45) is 0.756. The number of nitrogens with one attached hydrogen (secondary N) is 2. The van der Waals surface area contributed by atoms with E-state index in [1.807, 2.05) is 19.1 Å². The van der Waals surface area contributed by atoms with Crippen molar-refractivity contribution < 1.29 is 19.1 Å². The molecule has 0 saturated carbocycles. The van der Waals surface area contributed by atoms with Crippen LogP contribution in [0.3, 0.4) is 0 Å². The van der Waals surface area contributed by atoms with E-state index in [4.69, 9.17) is 26.4 Å². The van der Waals surface area contributed by atoms with E-state index in [-0.39, 0.29) is 31.5 Å². The van der Waals surface area contributed by atoms with Gasteiger partial charge in [-0.25, -0.2) is 4.79 Å². The number of primary amides is 1. The molecule has 0 heterocycles. The van der Waals surface area contributed by atoms with Crippen LogP contribution in [-0.2, 0) is 20.7 Å². The van der Waals surface area contributed by atoms with Crippen LogP contribution in [0.4, 0.5) is 5.69 Å². The molecule has 0 aliphatic carbocycles. The maximum absolute atomic E-state index is 12.7.